The van der Waals surface area contributed by atoms with E-state index in [2.05, 4.69) is 22.5 Å². The molecule has 2 aromatic carbocycles. The molecule has 0 saturated heterocycles. The molecule has 5 heteroatoms. The number of anilines is 1. The summed E-state index contributed by atoms with van der Waals surface area (Å²) in [5, 5.41) is 5.97. The average molecular weight is 365 g/mol. The van der Waals surface area contributed by atoms with Crippen LogP contribution in [0.15, 0.2) is 54.6 Å². The minimum absolute atomic E-state index is 0.120. The van der Waals surface area contributed by atoms with Crippen LogP contribution < -0.4 is 10.6 Å². The van der Waals surface area contributed by atoms with Crippen molar-refractivity contribution in [2.45, 2.75) is 38.3 Å². The quantitative estimate of drug-likeness (QED) is 0.751. The number of hydrogen-bond acceptors (Lipinski definition) is 3. The summed E-state index contributed by atoms with van der Waals surface area (Å²) in [6.07, 6.45) is 2.72. The number of carbonyl (C=O) groups is 2. The van der Waals surface area contributed by atoms with Gasteiger partial charge in [-0.05, 0) is 56.6 Å². The van der Waals surface area contributed by atoms with E-state index in [1.54, 1.807) is 12.1 Å². The summed E-state index contributed by atoms with van der Waals surface area (Å²) < 4.78 is 0. The summed E-state index contributed by atoms with van der Waals surface area (Å²) in [6, 6.07) is 17.6. The second-order valence-corrected chi connectivity index (χ2v) is 7.19. The molecule has 27 heavy (non-hydrogen) atoms. The maximum atomic E-state index is 12.3. The van der Waals surface area contributed by atoms with Crippen LogP contribution in [0.1, 0.15) is 48.1 Å². The van der Waals surface area contributed by atoms with Crippen LogP contribution in [0.3, 0.4) is 0 Å². The lowest BCUT2D eigenvalue weighted by Crippen LogP contribution is -2.31. The number of hydrogen-bond donors (Lipinski definition) is 2. The molecule has 0 aliphatic heterocycles. The topological polar surface area (TPSA) is 61.4 Å². The third-order valence-electron chi connectivity index (χ3n) is 4.96. The van der Waals surface area contributed by atoms with Gasteiger partial charge in [-0.25, -0.2) is 0 Å². The van der Waals surface area contributed by atoms with E-state index in [1.807, 2.05) is 49.5 Å². The lowest BCUT2D eigenvalue weighted by molar-refractivity contribution is -0.121. The molecule has 1 aliphatic rings. The molecule has 1 fully saturated rings. The van der Waals surface area contributed by atoms with E-state index in [0.29, 0.717) is 24.6 Å². The predicted octanol–water partition coefficient (Wildman–Crippen LogP) is 3.60. The lowest BCUT2D eigenvalue weighted by atomic mass is 10.1. The molecule has 2 amide bonds. The van der Waals surface area contributed by atoms with Crippen molar-refractivity contribution in [2.75, 3.05) is 18.9 Å². The third kappa shape index (κ3) is 5.66. The first-order chi connectivity index (χ1) is 13.0. The Morgan fingerprint density at radius 2 is 1.85 bits per heavy atom. The van der Waals surface area contributed by atoms with Crippen molar-refractivity contribution in [3.8, 4) is 0 Å². The van der Waals surface area contributed by atoms with Crippen molar-refractivity contribution in [1.29, 1.82) is 0 Å². The highest BCUT2D eigenvalue weighted by molar-refractivity contribution is 6.04. The zero-order valence-electron chi connectivity index (χ0n) is 15.9. The summed E-state index contributed by atoms with van der Waals surface area (Å²) in [5.41, 5.74) is 2.51. The minimum Gasteiger partial charge on any atom is -0.353 e. The van der Waals surface area contributed by atoms with Crippen molar-refractivity contribution >= 4 is 17.5 Å². The maximum Gasteiger partial charge on any atom is 0.255 e. The van der Waals surface area contributed by atoms with Gasteiger partial charge in [-0.15, -0.1) is 0 Å². The van der Waals surface area contributed by atoms with E-state index in [1.165, 1.54) is 0 Å². The molecule has 142 valence electrons. The van der Waals surface area contributed by atoms with Crippen LogP contribution in [0.5, 0.6) is 0 Å². The van der Waals surface area contributed by atoms with Crippen LogP contribution in [0, 0.1) is 0 Å². The van der Waals surface area contributed by atoms with Crippen LogP contribution in [0.4, 0.5) is 5.69 Å². The van der Waals surface area contributed by atoms with E-state index >= 15 is 0 Å². The smallest absolute Gasteiger partial charge is 0.255 e. The van der Waals surface area contributed by atoms with Gasteiger partial charge in [0.15, 0.2) is 0 Å². The first-order valence-electron chi connectivity index (χ1n) is 9.49. The van der Waals surface area contributed by atoms with Gasteiger partial charge in [0.1, 0.15) is 0 Å². The largest absolute Gasteiger partial charge is 0.353 e. The van der Waals surface area contributed by atoms with Gasteiger partial charge in [0, 0.05) is 36.3 Å². The third-order valence-corrected chi connectivity index (χ3v) is 4.96. The molecule has 1 saturated carbocycles. The average Bonchev–Trinajstić information content (AvgIpc) is 3.50. The summed E-state index contributed by atoms with van der Waals surface area (Å²) in [6.45, 7) is 2.80. The van der Waals surface area contributed by atoms with Crippen molar-refractivity contribution < 1.29 is 9.59 Å². The second kappa shape index (κ2) is 8.82. The molecular formula is C22H27N3O2. The molecule has 1 atom stereocenters. The molecule has 0 heterocycles. The standard InChI is InChI=1S/C22H27N3O2/c1-16(25(2)14-13-21(26)23-19-11-12-19)18-9-6-10-20(15-18)24-22(27)17-7-4-3-5-8-17/h3-10,15-16,19H,11-14H2,1-2H3,(H,23,26)(H,24,27)/t16-/m1/s1. The number of carbonyl (C=O) groups excluding carboxylic acids is 2. The number of nitrogens with one attached hydrogen (secondary N) is 2. The monoisotopic (exact) mass is 365 g/mol. The number of rotatable bonds is 8. The molecule has 0 unspecified atom stereocenters. The summed E-state index contributed by atoms with van der Waals surface area (Å²) >= 11 is 0. The fourth-order valence-corrected chi connectivity index (χ4v) is 2.92. The minimum atomic E-state index is -0.120. The maximum absolute atomic E-state index is 12.3. The highest BCUT2D eigenvalue weighted by Crippen LogP contribution is 2.23. The van der Waals surface area contributed by atoms with Crippen LogP contribution >= 0.6 is 0 Å². The van der Waals surface area contributed by atoms with Gasteiger partial charge >= 0.3 is 0 Å². The van der Waals surface area contributed by atoms with Crippen LogP contribution in [-0.4, -0.2) is 36.3 Å². The van der Waals surface area contributed by atoms with Crippen molar-refractivity contribution in [1.82, 2.24) is 10.2 Å². The Balaban J connectivity index is 1.56. The van der Waals surface area contributed by atoms with Gasteiger partial charge in [-0.3, -0.25) is 14.5 Å². The van der Waals surface area contributed by atoms with Crippen molar-refractivity contribution in [3.05, 3.63) is 65.7 Å². The van der Waals surface area contributed by atoms with Crippen LogP contribution in [-0.2, 0) is 4.79 Å². The van der Waals surface area contributed by atoms with Gasteiger partial charge in [0.05, 0.1) is 0 Å². The Hall–Kier alpha value is -2.66. The summed E-state index contributed by atoms with van der Waals surface area (Å²) in [5.74, 6) is 0.00549. The second-order valence-electron chi connectivity index (χ2n) is 7.19. The fourth-order valence-electron chi connectivity index (χ4n) is 2.92. The Kier molecular flexibility index (Phi) is 6.24. The zero-order chi connectivity index (χ0) is 19.2. The van der Waals surface area contributed by atoms with Crippen LogP contribution in [0.2, 0.25) is 0 Å². The van der Waals surface area contributed by atoms with E-state index in [4.69, 9.17) is 0 Å². The molecule has 0 radical (unpaired) electrons. The van der Waals surface area contributed by atoms with Gasteiger partial charge in [0.25, 0.3) is 5.91 Å². The normalized spacial score (nSPS) is 14.6. The molecule has 5 nitrogen and oxygen atoms in total. The van der Waals surface area contributed by atoms with Gasteiger partial charge < -0.3 is 10.6 Å². The summed E-state index contributed by atoms with van der Waals surface area (Å²) in [7, 11) is 2.02. The van der Waals surface area contributed by atoms with E-state index in [9.17, 15) is 9.59 Å². The highest BCUT2D eigenvalue weighted by atomic mass is 16.2. The van der Waals surface area contributed by atoms with Crippen LogP contribution in [0.25, 0.3) is 0 Å². The number of benzene rings is 2. The molecular weight excluding hydrogens is 338 g/mol. The van der Waals surface area contributed by atoms with Crippen molar-refractivity contribution in [2.24, 2.45) is 0 Å². The van der Waals surface area contributed by atoms with Gasteiger partial charge in [-0.2, -0.15) is 0 Å². The van der Waals surface area contributed by atoms with Gasteiger partial charge in [0.2, 0.25) is 5.91 Å². The van der Waals surface area contributed by atoms with Gasteiger partial charge in [-0.1, -0.05) is 30.3 Å². The molecule has 1 aliphatic carbocycles. The fraction of sp³-hybridized carbons (Fsp3) is 0.364. The Morgan fingerprint density at radius 1 is 1.11 bits per heavy atom. The number of nitrogens with zero attached hydrogens (tertiary/aromatic N) is 1. The van der Waals surface area contributed by atoms with E-state index < -0.39 is 0 Å². The Labute approximate surface area is 160 Å². The lowest BCUT2D eigenvalue weighted by Gasteiger charge is -2.25. The van der Waals surface area contributed by atoms with E-state index in [0.717, 1.165) is 24.1 Å². The van der Waals surface area contributed by atoms with Crippen molar-refractivity contribution in [3.63, 3.8) is 0 Å². The first-order valence-corrected chi connectivity index (χ1v) is 9.49. The molecule has 2 N–H and O–H groups in total. The Morgan fingerprint density at radius 3 is 2.56 bits per heavy atom. The zero-order valence-corrected chi connectivity index (χ0v) is 15.9. The molecule has 0 bridgehead atoms. The van der Waals surface area contributed by atoms with E-state index in [-0.39, 0.29) is 17.9 Å². The molecule has 0 spiro atoms. The molecule has 0 aromatic heterocycles. The highest BCUT2D eigenvalue weighted by Gasteiger charge is 2.23. The molecule has 2 aromatic rings. The SMILES string of the molecule is C[C@H](c1cccc(NC(=O)c2ccccc2)c1)N(C)CCC(=O)NC1CC1. The number of amides is 2. The molecule has 3 rings (SSSR count). The predicted molar refractivity (Wildman–Crippen MR) is 108 cm³/mol. The Bertz CT molecular complexity index is 787. The summed E-state index contributed by atoms with van der Waals surface area (Å²) in [4.78, 5) is 26.4. The first kappa shape index (κ1) is 19.1.